The van der Waals surface area contributed by atoms with Crippen LogP contribution in [0.1, 0.15) is 0 Å². The molecular weight excluding hydrogens is 524 g/mol. The van der Waals surface area contributed by atoms with Crippen molar-refractivity contribution in [2.24, 2.45) is 0 Å². The molecule has 0 aliphatic heterocycles. The molecule has 0 aliphatic rings. The molecule has 9 rings (SSSR count). The predicted octanol–water partition coefficient (Wildman–Crippen LogP) is 9.73. The quantitative estimate of drug-likeness (QED) is 0.214. The Morgan fingerprint density at radius 2 is 0.837 bits per heavy atom. The summed E-state index contributed by atoms with van der Waals surface area (Å²) in [6.45, 7) is 0. The van der Waals surface area contributed by atoms with E-state index in [4.69, 9.17) is 4.98 Å². The fraction of sp³-hybridized carbons (Fsp3) is 0. The van der Waals surface area contributed by atoms with E-state index in [0.717, 1.165) is 50.5 Å². The Hall–Kier alpha value is -5.87. The van der Waals surface area contributed by atoms with Crippen molar-refractivity contribution in [3.63, 3.8) is 0 Å². The zero-order valence-corrected chi connectivity index (χ0v) is 23.3. The van der Waals surface area contributed by atoms with Crippen molar-refractivity contribution in [1.82, 2.24) is 18.7 Å². The van der Waals surface area contributed by atoms with Crippen LogP contribution in [0.25, 0.3) is 72.3 Å². The Balaban J connectivity index is 1.55. The first kappa shape index (κ1) is 23.8. The normalized spacial score (nSPS) is 11.7. The van der Waals surface area contributed by atoms with Crippen LogP contribution >= 0.6 is 0 Å². The third-order valence-electron chi connectivity index (χ3n) is 8.43. The molecule has 43 heavy (non-hydrogen) atoms. The molecule has 6 aromatic carbocycles. The van der Waals surface area contributed by atoms with E-state index in [1.807, 2.05) is 0 Å². The molecule has 0 N–H and O–H groups in total. The first-order chi connectivity index (χ1) is 21.4. The van der Waals surface area contributed by atoms with Crippen LogP contribution in [0.2, 0.25) is 0 Å². The summed E-state index contributed by atoms with van der Waals surface area (Å²) < 4.78 is 7.10. The lowest BCUT2D eigenvalue weighted by molar-refractivity contribution is 1.09. The van der Waals surface area contributed by atoms with E-state index >= 15 is 0 Å². The number of aromatic nitrogens is 4. The maximum absolute atomic E-state index is 5.45. The third-order valence-corrected chi connectivity index (χ3v) is 8.43. The standard InChI is InChI=1S/C39H26N4/c1-5-15-27(16-6-1)38-40-39-37(43(38)30-21-11-4-12-22-30)33-26-25-32-31-23-13-14-24-34(31)41(28-17-7-2-8-18-28)35(32)36(33)42(39)29-19-9-3-10-20-29/h1-26H. The number of fused-ring (bicyclic) bond motifs is 7. The van der Waals surface area contributed by atoms with Gasteiger partial charge in [0.15, 0.2) is 5.65 Å². The largest absolute Gasteiger partial charge is 0.307 e. The zero-order chi connectivity index (χ0) is 28.3. The molecule has 4 heteroatoms. The molecule has 3 heterocycles. The molecule has 0 saturated carbocycles. The molecule has 0 bridgehead atoms. The fourth-order valence-corrected chi connectivity index (χ4v) is 6.65. The lowest BCUT2D eigenvalue weighted by Gasteiger charge is -2.13. The summed E-state index contributed by atoms with van der Waals surface area (Å²) in [5.41, 5.74) is 9.91. The molecule has 3 aromatic heterocycles. The van der Waals surface area contributed by atoms with E-state index in [0.29, 0.717) is 0 Å². The number of nitrogens with zero attached hydrogens (tertiary/aromatic N) is 4. The van der Waals surface area contributed by atoms with E-state index < -0.39 is 0 Å². The van der Waals surface area contributed by atoms with Gasteiger partial charge in [-0.1, -0.05) is 109 Å². The molecule has 0 amide bonds. The number of hydrogen-bond acceptors (Lipinski definition) is 1. The lowest BCUT2D eigenvalue weighted by atomic mass is 10.1. The second kappa shape index (κ2) is 9.33. The van der Waals surface area contributed by atoms with Gasteiger partial charge in [-0.3, -0.25) is 9.13 Å². The SMILES string of the molecule is c1ccc(-c2nc3c(c4ccc5c6ccccc6n(-c6ccccc6)c5c4n3-c3ccccc3)n2-c2ccccc2)cc1. The maximum atomic E-state index is 5.45. The number of imidazole rings is 1. The summed E-state index contributed by atoms with van der Waals surface area (Å²) in [4.78, 5) is 5.45. The van der Waals surface area contributed by atoms with Crippen molar-refractivity contribution in [2.75, 3.05) is 0 Å². The van der Waals surface area contributed by atoms with E-state index in [2.05, 4.69) is 171 Å². The Labute approximate surface area is 248 Å². The van der Waals surface area contributed by atoms with Crippen LogP contribution in [0.4, 0.5) is 0 Å². The Bertz CT molecular complexity index is 2410. The summed E-state index contributed by atoms with van der Waals surface area (Å²) in [6.07, 6.45) is 0. The minimum Gasteiger partial charge on any atom is -0.307 e. The van der Waals surface area contributed by atoms with Gasteiger partial charge in [0.25, 0.3) is 0 Å². The highest BCUT2D eigenvalue weighted by Crippen LogP contribution is 2.43. The second-order valence-electron chi connectivity index (χ2n) is 10.9. The zero-order valence-electron chi connectivity index (χ0n) is 23.3. The molecule has 0 spiro atoms. The monoisotopic (exact) mass is 550 g/mol. The highest BCUT2D eigenvalue weighted by Gasteiger charge is 2.26. The van der Waals surface area contributed by atoms with Gasteiger partial charge in [0.2, 0.25) is 0 Å². The van der Waals surface area contributed by atoms with Gasteiger partial charge in [-0.25, -0.2) is 4.98 Å². The second-order valence-corrected chi connectivity index (χ2v) is 10.9. The highest BCUT2D eigenvalue weighted by molar-refractivity contribution is 6.23. The first-order valence-electron chi connectivity index (χ1n) is 14.6. The fourth-order valence-electron chi connectivity index (χ4n) is 6.65. The van der Waals surface area contributed by atoms with Gasteiger partial charge in [0.05, 0.1) is 16.6 Å². The van der Waals surface area contributed by atoms with Crippen LogP contribution in [0.3, 0.4) is 0 Å². The summed E-state index contributed by atoms with van der Waals surface area (Å²) in [6, 6.07) is 55.7. The van der Waals surface area contributed by atoms with Crippen molar-refractivity contribution < 1.29 is 0 Å². The van der Waals surface area contributed by atoms with Crippen LogP contribution in [-0.2, 0) is 0 Å². The predicted molar refractivity (Wildman–Crippen MR) is 178 cm³/mol. The van der Waals surface area contributed by atoms with Gasteiger partial charge >= 0.3 is 0 Å². The van der Waals surface area contributed by atoms with Crippen LogP contribution in [0, 0.1) is 0 Å². The average molecular weight is 551 g/mol. The van der Waals surface area contributed by atoms with Crippen molar-refractivity contribution in [1.29, 1.82) is 0 Å². The molecule has 0 radical (unpaired) electrons. The lowest BCUT2D eigenvalue weighted by Crippen LogP contribution is -2.00. The highest BCUT2D eigenvalue weighted by atomic mass is 15.2. The minimum atomic E-state index is 0.923. The molecule has 0 saturated heterocycles. The molecule has 0 unspecified atom stereocenters. The van der Waals surface area contributed by atoms with Crippen LogP contribution < -0.4 is 0 Å². The molecule has 0 aliphatic carbocycles. The van der Waals surface area contributed by atoms with Crippen molar-refractivity contribution in [2.45, 2.75) is 0 Å². The minimum absolute atomic E-state index is 0.923. The van der Waals surface area contributed by atoms with E-state index in [-0.39, 0.29) is 0 Å². The number of hydrogen-bond donors (Lipinski definition) is 0. The van der Waals surface area contributed by atoms with Gasteiger partial charge in [0, 0.05) is 38.8 Å². The van der Waals surface area contributed by atoms with Crippen molar-refractivity contribution in [3.8, 4) is 28.5 Å². The number of benzene rings is 6. The van der Waals surface area contributed by atoms with Crippen LogP contribution in [0.5, 0.6) is 0 Å². The van der Waals surface area contributed by atoms with Gasteiger partial charge < -0.3 is 4.57 Å². The Morgan fingerprint density at radius 3 is 1.49 bits per heavy atom. The van der Waals surface area contributed by atoms with Gasteiger partial charge in [-0.2, -0.15) is 0 Å². The molecular formula is C39H26N4. The van der Waals surface area contributed by atoms with Gasteiger partial charge in [-0.05, 0) is 48.5 Å². The topological polar surface area (TPSA) is 27.7 Å². The summed E-state index contributed by atoms with van der Waals surface area (Å²) in [5, 5.41) is 3.61. The molecule has 4 nitrogen and oxygen atoms in total. The van der Waals surface area contributed by atoms with Crippen LogP contribution in [-0.4, -0.2) is 18.7 Å². The number of rotatable bonds is 4. The first-order valence-corrected chi connectivity index (χ1v) is 14.6. The van der Waals surface area contributed by atoms with Crippen molar-refractivity contribution in [3.05, 3.63) is 158 Å². The Kier molecular flexibility index (Phi) is 5.16. The van der Waals surface area contributed by atoms with E-state index in [1.54, 1.807) is 0 Å². The van der Waals surface area contributed by atoms with E-state index in [1.165, 1.54) is 21.8 Å². The molecule has 202 valence electrons. The smallest absolute Gasteiger partial charge is 0.165 e. The van der Waals surface area contributed by atoms with Gasteiger partial charge in [-0.15, -0.1) is 0 Å². The average Bonchev–Trinajstić information content (AvgIpc) is 3.73. The summed E-state index contributed by atoms with van der Waals surface area (Å²) in [5.74, 6) is 0.923. The summed E-state index contributed by atoms with van der Waals surface area (Å²) >= 11 is 0. The Morgan fingerprint density at radius 1 is 0.349 bits per heavy atom. The third kappa shape index (κ3) is 3.47. The van der Waals surface area contributed by atoms with E-state index in [9.17, 15) is 0 Å². The van der Waals surface area contributed by atoms with Gasteiger partial charge in [0.1, 0.15) is 11.3 Å². The number of para-hydroxylation sites is 4. The summed E-state index contributed by atoms with van der Waals surface area (Å²) in [7, 11) is 0. The maximum Gasteiger partial charge on any atom is 0.165 e. The molecule has 0 atom stereocenters. The molecule has 9 aromatic rings. The van der Waals surface area contributed by atoms with Crippen molar-refractivity contribution >= 4 is 43.9 Å². The van der Waals surface area contributed by atoms with Crippen LogP contribution in [0.15, 0.2) is 158 Å². The molecule has 0 fully saturated rings.